The van der Waals surface area contributed by atoms with Gasteiger partial charge in [0.1, 0.15) is 0 Å². The molecule has 6 aromatic carbocycles. The van der Waals surface area contributed by atoms with Crippen LogP contribution in [0.2, 0.25) is 0 Å². The lowest BCUT2D eigenvalue weighted by Crippen LogP contribution is -2.10. The van der Waals surface area contributed by atoms with E-state index in [2.05, 4.69) is 39.8 Å². The second-order valence-electron chi connectivity index (χ2n) is 25.5. The van der Waals surface area contributed by atoms with Crippen LogP contribution in [-0.4, -0.2) is 26.4 Å². The predicted molar refractivity (Wildman–Crippen MR) is 383 cm³/mol. The van der Waals surface area contributed by atoms with Crippen LogP contribution >= 0.6 is 45.3 Å². The molecule has 528 valence electrons. The largest absolute Gasteiger partial charge is 0.490 e. The van der Waals surface area contributed by atoms with Gasteiger partial charge in [-0.15, -0.1) is 45.3 Å². The van der Waals surface area contributed by atoms with Gasteiger partial charge >= 0.3 is 24.7 Å². The zero-order chi connectivity index (χ0) is 69.8. The summed E-state index contributed by atoms with van der Waals surface area (Å²) in [5.41, 5.74) is -5.35. The maximum absolute atomic E-state index is 14.7. The summed E-state index contributed by atoms with van der Waals surface area (Å²) >= 11 is 4.75. The Hall–Kier alpha value is -6.22. The fourth-order valence-corrected chi connectivity index (χ4v) is 17.6. The second-order valence-corrected chi connectivity index (χ2v) is 29.7. The Morgan fingerprint density at radius 1 is 0.255 bits per heavy atom. The summed E-state index contributed by atoms with van der Waals surface area (Å²) in [4.78, 5) is 1.59. The third-order valence-electron chi connectivity index (χ3n) is 17.9. The van der Waals surface area contributed by atoms with Crippen LogP contribution in [0.15, 0.2) is 97.1 Å². The van der Waals surface area contributed by atoms with Crippen molar-refractivity contribution in [2.45, 2.75) is 206 Å². The zero-order valence-corrected chi connectivity index (χ0v) is 59.1. The Morgan fingerprint density at radius 3 is 0.745 bits per heavy atom. The molecule has 0 fully saturated rings. The fourth-order valence-electron chi connectivity index (χ4n) is 12.6. The fraction of sp³-hybridized carbons (Fsp3) is 0.462. The standard InChI is InChI=1S/C78H84F12O4S4/c1-5-9-13-17-21-25-33-91-61-31-29-49(41-63(61)93-35-27-23-19-15-11-7-3)65-45-57-58-46-66(50-30-32-62(92-34-26-22-18-14-10-6-2)64(42-50)94-36-28-24-20-16-12-8-4)96-72(58)70-69(71(57)95-65)73-59(47-67(97-73)51-37-53(75(79,80)81)43-54(38-51)76(82,83)84)60-48-68(98-74(60)70)52-39-55(77(85,86)87)44-56(40-52)78(88,89)90/h29-32,37-48H,5-28,33-36H2,1-4H3. The van der Waals surface area contributed by atoms with Gasteiger partial charge < -0.3 is 18.9 Å². The Kier molecular flexibility index (Phi) is 25.5. The Morgan fingerprint density at radius 2 is 0.490 bits per heavy atom. The van der Waals surface area contributed by atoms with Crippen molar-refractivity contribution in [3.05, 3.63) is 119 Å². The molecule has 0 aliphatic heterocycles. The van der Waals surface area contributed by atoms with Crippen LogP contribution in [0.25, 0.3) is 92.9 Å². The molecule has 0 amide bonds. The number of rotatable bonds is 36. The summed E-state index contributed by atoms with van der Waals surface area (Å²) < 4.78 is 204. The number of thiophene rings is 4. The van der Waals surface area contributed by atoms with Crippen LogP contribution < -0.4 is 18.9 Å². The number of hydrogen-bond donors (Lipinski definition) is 0. The summed E-state index contributed by atoms with van der Waals surface area (Å²) in [6, 6.07) is 21.5. The highest BCUT2D eigenvalue weighted by Crippen LogP contribution is 2.57. The number of ether oxygens (including phenoxy) is 4. The van der Waals surface area contributed by atoms with Crippen LogP contribution in [0, 0.1) is 0 Å². The van der Waals surface area contributed by atoms with Gasteiger partial charge in [-0.3, -0.25) is 0 Å². The number of fused-ring (bicyclic) bond motifs is 11. The molecule has 10 rings (SSSR count). The van der Waals surface area contributed by atoms with E-state index < -0.39 is 47.0 Å². The quantitative estimate of drug-likeness (QED) is 0.0290. The van der Waals surface area contributed by atoms with Gasteiger partial charge in [-0.1, -0.05) is 156 Å². The summed E-state index contributed by atoms with van der Waals surface area (Å²) in [5, 5.41) is 3.30. The Bertz CT molecular complexity index is 3940. The van der Waals surface area contributed by atoms with Crippen LogP contribution in [-0.2, 0) is 24.7 Å². The molecule has 4 heterocycles. The molecule has 0 bridgehead atoms. The highest BCUT2D eigenvalue weighted by molar-refractivity contribution is 7.29. The van der Waals surface area contributed by atoms with Crippen molar-refractivity contribution in [1.29, 1.82) is 0 Å². The van der Waals surface area contributed by atoms with Crippen LogP contribution in [0.4, 0.5) is 52.7 Å². The molecule has 0 saturated carbocycles. The third-order valence-corrected chi connectivity index (χ3v) is 22.7. The molecular weight excluding hydrogens is 1360 g/mol. The third kappa shape index (κ3) is 18.5. The molecule has 0 N–H and O–H groups in total. The monoisotopic (exact) mass is 1440 g/mol. The minimum atomic E-state index is -5.18. The normalized spacial score (nSPS) is 12.6. The van der Waals surface area contributed by atoms with E-state index in [0.717, 1.165) is 196 Å². The molecule has 0 saturated heterocycles. The van der Waals surface area contributed by atoms with E-state index in [9.17, 15) is 52.7 Å². The minimum absolute atomic E-state index is 0.0180. The molecule has 4 nitrogen and oxygen atoms in total. The van der Waals surface area contributed by atoms with Crippen molar-refractivity contribution in [1.82, 2.24) is 0 Å². The van der Waals surface area contributed by atoms with E-state index in [1.54, 1.807) is 0 Å². The van der Waals surface area contributed by atoms with Gasteiger partial charge in [0.25, 0.3) is 0 Å². The zero-order valence-electron chi connectivity index (χ0n) is 55.8. The molecule has 10 aromatic rings. The van der Waals surface area contributed by atoms with Gasteiger partial charge in [0.2, 0.25) is 0 Å². The van der Waals surface area contributed by atoms with Gasteiger partial charge in [-0.05, 0) is 145 Å². The predicted octanol–water partition coefficient (Wildman–Crippen LogP) is 29.4. The van der Waals surface area contributed by atoms with E-state index in [1.807, 2.05) is 36.4 Å². The summed E-state index contributed by atoms with van der Waals surface area (Å²) in [7, 11) is 0. The molecule has 0 atom stereocenters. The van der Waals surface area contributed by atoms with Crippen molar-refractivity contribution < 1.29 is 71.6 Å². The first-order chi connectivity index (χ1) is 47.0. The molecule has 0 aliphatic carbocycles. The van der Waals surface area contributed by atoms with Gasteiger partial charge in [0.05, 0.1) is 48.7 Å². The first-order valence-corrected chi connectivity index (χ1v) is 38.0. The number of halogens is 12. The Balaban J connectivity index is 1.22. The van der Waals surface area contributed by atoms with Crippen molar-refractivity contribution >= 4 is 96.5 Å². The molecule has 0 unspecified atom stereocenters. The summed E-state index contributed by atoms with van der Waals surface area (Å²) in [5.74, 6) is 2.30. The Labute approximate surface area is 581 Å². The van der Waals surface area contributed by atoms with E-state index in [-0.39, 0.29) is 33.0 Å². The number of unbranched alkanes of at least 4 members (excludes halogenated alkanes) is 20. The van der Waals surface area contributed by atoms with Crippen molar-refractivity contribution in [3.63, 3.8) is 0 Å². The van der Waals surface area contributed by atoms with E-state index in [4.69, 9.17) is 18.9 Å². The molecule has 20 heteroatoms. The van der Waals surface area contributed by atoms with Gasteiger partial charge in [-0.25, -0.2) is 0 Å². The average molecular weight is 1440 g/mol. The molecule has 0 aliphatic rings. The smallest absolute Gasteiger partial charge is 0.416 e. The lowest BCUT2D eigenvalue weighted by Gasteiger charge is -2.14. The van der Waals surface area contributed by atoms with E-state index in [0.29, 0.717) is 114 Å². The SMILES string of the molecule is CCCCCCCCOc1ccc(-c2cc3c4cc(-c5ccc(OCCCCCCCC)c(OCCCCCCCC)c5)sc4c4c5sc(-c6cc(C(F)(F)F)cc(C(F)(F)F)c6)cc5c5cc(-c6cc(C(F)(F)F)cc(C(F)(F)F)c6)sc5c4c3s2)cc1OCCCCCCCC. The van der Waals surface area contributed by atoms with Crippen LogP contribution in [0.1, 0.15) is 204 Å². The summed E-state index contributed by atoms with van der Waals surface area (Å²) in [6.45, 7) is 10.6. The maximum Gasteiger partial charge on any atom is 0.416 e. The molecule has 98 heavy (non-hydrogen) atoms. The van der Waals surface area contributed by atoms with Crippen molar-refractivity contribution in [3.8, 4) is 64.8 Å². The van der Waals surface area contributed by atoms with Gasteiger partial charge in [0.15, 0.2) is 23.0 Å². The summed E-state index contributed by atoms with van der Waals surface area (Å²) in [6.07, 6.45) is 4.77. The highest BCUT2D eigenvalue weighted by Gasteiger charge is 2.39. The molecule has 0 spiro atoms. The first-order valence-electron chi connectivity index (χ1n) is 34.7. The molecule has 0 radical (unpaired) electrons. The highest BCUT2D eigenvalue weighted by atomic mass is 32.1. The van der Waals surface area contributed by atoms with Gasteiger partial charge in [0, 0.05) is 70.6 Å². The second kappa shape index (κ2) is 33.5. The number of alkyl halides is 12. The van der Waals surface area contributed by atoms with Crippen LogP contribution in [0.5, 0.6) is 23.0 Å². The van der Waals surface area contributed by atoms with E-state index in [1.165, 1.54) is 47.6 Å². The minimum Gasteiger partial charge on any atom is -0.490 e. The lowest BCUT2D eigenvalue weighted by atomic mass is 9.98. The average Bonchev–Trinajstić information content (AvgIpc) is 1.52. The molecular formula is C78H84F12O4S4. The van der Waals surface area contributed by atoms with Crippen LogP contribution in [0.3, 0.4) is 0 Å². The van der Waals surface area contributed by atoms with E-state index >= 15 is 0 Å². The number of benzene rings is 6. The van der Waals surface area contributed by atoms with Crippen molar-refractivity contribution in [2.75, 3.05) is 26.4 Å². The molecule has 4 aromatic heterocycles. The topological polar surface area (TPSA) is 36.9 Å². The lowest BCUT2D eigenvalue weighted by molar-refractivity contribution is -0.144. The first kappa shape index (κ1) is 74.5. The maximum atomic E-state index is 14.7. The van der Waals surface area contributed by atoms with Gasteiger partial charge in [-0.2, -0.15) is 52.7 Å². The number of hydrogen-bond acceptors (Lipinski definition) is 8. The van der Waals surface area contributed by atoms with Crippen molar-refractivity contribution in [2.24, 2.45) is 0 Å².